The number of fused-ring (bicyclic) bond motifs is 3. The highest BCUT2D eigenvalue weighted by Crippen LogP contribution is 2.33. The predicted octanol–water partition coefficient (Wildman–Crippen LogP) is 4.18. The molecular weight excluding hydrogens is 400 g/mol. The third-order valence-electron chi connectivity index (χ3n) is 4.40. The first-order chi connectivity index (χ1) is 13.4. The molecule has 0 spiro atoms. The van der Waals surface area contributed by atoms with Crippen LogP contribution in [0.2, 0.25) is 5.02 Å². The zero-order chi connectivity index (χ0) is 19.9. The van der Waals surface area contributed by atoms with Crippen LogP contribution in [0.3, 0.4) is 0 Å². The van der Waals surface area contributed by atoms with Gasteiger partial charge in [0.15, 0.2) is 11.3 Å². The van der Waals surface area contributed by atoms with Crippen molar-refractivity contribution in [2.45, 2.75) is 10.1 Å². The van der Waals surface area contributed by atoms with Gasteiger partial charge in [0.25, 0.3) is 0 Å². The Kier molecular flexibility index (Phi) is 4.38. The average Bonchev–Trinajstić information content (AvgIpc) is 3.13. The molecule has 0 aliphatic heterocycles. The van der Waals surface area contributed by atoms with E-state index in [1.54, 1.807) is 36.4 Å². The second-order valence-electron chi connectivity index (χ2n) is 6.04. The quantitative estimate of drug-likeness (QED) is 0.467. The van der Waals surface area contributed by atoms with Crippen molar-refractivity contribution in [3.8, 4) is 6.07 Å². The van der Waals surface area contributed by atoms with Gasteiger partial charge in [0.2, 0.25) is 20.9 Å². The number of hydrogen-bond acceptors (Lipinski definition) is 6. The van der Waals surface area contributed by atoms with Crippen LogP contribution in [-0.2, 0) is 9.84 Å². The summed E-state index contributed by atoms with van der Waals surface area (Å²) in [5.41, 5.74) is 0.0446. The summed E-state index contributed by atoms with van der Waals surface area (Å²) in [5, 5.41) is 13.3. The van der Waals surface area contributed by atoms with Crippen LogP contribution in [0.1, 0.15) is 10.5 Å². The van der Waals surface area contributed by atoms with Crippen molar-refractivity contribution in [2.75, 3.05) is 0 Å². The monoisotopic (exact) mass is 410 g/mol. The fraction of sp³-hybridized carbons (Fsp3) is 0.0500. The Hall–Kier alpha value is -3.21. The number of sulfone groups is 1. The van der Waals surface area contributed by atoms with Gasteiger partial charge in [-0.25, -0.2) is 8.42 Å². The van der Waals surface area contributed by atoms with E-state index in [9.17, 15) is 18.5 Å². The van der Waals surface area contributed by atoms with E-state index in [2.05, 4.69) is 5.16 Å². The smallest absolute Gasteiger partial charge is 0.218 e. The molecule has 0 aliphatic rings. The highest BCUT2D eigenvalue weighted by atomic mass is 35.5. The first-order valence-electron chi connectivity index (χ1n) is 8.14. The molecule has 0 saturated heterocycles. The number of nitrogens with zero attached hydrogens (tertiary/aromatic N) is 2. The molecule has 4 rings (SSSR count). The van der Waals surface area contributed by atoms with E-state index in [4.69, 9.17) is 16.1 Å². The van der Waals surface area contributed by atoms with Crippen LogP contribution < -0.4 is 0 Å². The fourth-order valence-electron chi connectivity index (χ4n) is 3.04. The van der Waals surface area contributed by atoms with Crippen LogP contribution >= 0.6 is 11.6 Å². The first kappa shape index (κ1) is 18.2. The number of ketones is 1. The molecule has 6 nitrogen and oxygen atoms in total. The molecule has 4 aromatic rings. The minimum Gasteiger partial charge on any atom is -0.355 e. The Labute approximate surface area is 164 Å². The minimum absolute atomic E-state index is 0.115. The Morgan fingerprint density at radius 2 is 1.82 bits per heavy atom. The summed E-state index contributed by atoms with van der Waals surface area (Å²) in [6.07, 6.45) is 0. The number of rotatable bonds is 4. The zero-order valence-electron chi connectivity index (χ0n) is 14.2. The summed E-state index contributed by atoms with van der Waals surface area (Å²) in [7, 11) is -4.21. The van der Waals surface area contributed by atoms with Gasteiger partial charge in [-0.05, 0) is 29.7 Å². The van der Waals surface area contributed by atoms with E-state index in [0.717, 1.165) is 5.39 Å². The predicted molar refractivity (Wildman–Crippen MR) is 104 cm³/mol. The van der Waals surface area contributed by atoms with Crippen molar-refractivity contribution in [3.63, 3.8) is 0 Å². The fourth-order valence-corrected chi connectivity index (χ4v) is 4.65. The number of nitriles is 1. The summed E-state index contributed by atoms with van der Waals surface area (Å²) in [4.78, 5) is 12.8. The molecule has 0 fully saturated rings. The molecule has 1 atom stereocenters. The van der Waals surface area contributed by atoms with Gasteiger partial charge in [-0.15, -0.1) is 0 Å². The maximum absolute atomic E-state index is 12.9. The maximum Gasteiger partial charge on any atom is 0.218 e. The lowest BCUT2D eigenvalue weighted by Crippen LogP contribution is -2.29. The molecule has 8 heteroatoms. The van der Waals surface area contributed by atoms with Crippen LogP contribution in [0.15, 0.2) is 70.1 Å². The van der Waals surface area contributed by atoms with E-state index < -0.39 is 20.9 Å². The van der Waals surface area contributed by atoms with Gasteiger partial charge in [0.1, 0.15) is 0 Å². The molecule has 1 aromatic heterocycles. The molecule has 0 bridgehead atoms. The SMILES string of the molecule is N#CC(C(=O)c1noc2c1ccc1cccc(Cl)c12)S(=O)(=O)c1ccccc1. The van der Waals surface area contributed by atoms with Gasteiger partial charge < -0.3 is 4.52 Å². The lowest BCUT2D eigenvalue weighted by molar-refractivity contribution is 0.0993. The van der Waals surface area contributed by atoms with Crippen LogP contribution in [0.4, 0.5) is 0 Å². The van der Waals surface area contributed by atoms with E-state index in [1.807, 2.05) is 6.07 Å². The molecule has 0 saturated carbocycles. The van der Waals surface area contributed by atoms with E-state index in [1.165, 1.54) is 24.3 Å². The lowest BCUT2D eigenvalue weighted by Gasteiger charge is -2.08. The number of benzene rings is 3. The zero-order valence-corrected chi connectivity index (χ0v) is 15.7. The highest BCUT2D eigenvalue weighted by molar-refractivity contribution is 7.93. The normalized spacial score (nSPS) is 12.7. The molecule has 0 radical (unpaired) electrons. The third kappa shape index (κ3) is 2.74. The topological polar surface area (TPSA) is 101 Å². The molecule has 3 aromatic carbocycles. The van der Waals surface area contributed by atoms with Crippen molar-refractivity contribution < 1.29 is 17.7 Å². The van der Waals surface area contributed by atoms with Gasteiger partial charge in [0, 0.05) is 5.39 Å². The molecule has 0 amide bonds. The summed E-state index contributed by atoms with van der Waals surface area (Å²) in [6, 6.07) is 17.5. The van der Waals surface area contributed by atoms with E-state index in [0.29, 0.717) is 15.8 Å². The molecule has 0 aliphatic carbocycles. The van der Waals surface area contributed by atoms with Gasteiger partial charge in [-0.1, -0.05) is 53.2 Å². The Morgan fingerprint density at radius 1 is 1.07 bits per heavy atom. The van der Waals surface area contributed by atoms with Crippen LogP contribution in [0.25, 0.3) is 21.7 Å². The van der Waals surface area contributed by atoms with Gasteiger partial charge >= 0.3 is 0 Å². The Balaban J connectivity index is 1.87. The van der Waals surface area contributed by atoms with Crippen molar-refractivity contribution in [3.05, 3.63) is 71.4 Å². The Morgan fingerprint density at radius 3 is 2.54 bits per heavy atom. The van der Waals surface area contributed by atoms with Gasteiger partial charge in [-0.2, -0.15) is 5.26 Å². The highest BCUT2D eigenvalue weighted by Gasteiger charge is 2.37. The Bertz CT molecular complexity index is 1370. The molecule has 1 unspecified atom stereocenters. The molecular formula is C20H11ClN2O4S. The van der Waals surface area contributed by atoms with Crippen molar-refractivity contribution >= 4 is 49.0 Å². The maximum atomic E-state index is 12.9. The minimum atomic E-state index is -4.21. The summed E-state index contributed by atoms with van der Waals surface area (Å²) >= 11 is 6.25. The molecule has 28 heavy (non-hydrogen) atoms. The summed E-state index contributed by atoms with van der Waals surface area (Å²) in [6.45, 7) is 0. The van der Waals surface area contributed by atoms with Crippen LogP contribution in [0, 0.1) is 11.3 Å². The summed E-state index contributed by atoms with van der Waals surface area (Å²) < 4.78 is 30.9. The van der Waals surface area contributed by atoms with Crippen LogP contribution in [-0.4, -0.2) is 24.6 Å². The van der Waals surface area contributed by atoms with Gasteiger partial charge in [-0.3, -0.25) is 4.79 Å². The number of hydrogen-bond donors (Lipinski definition) is 0. The molecule has 0 N–H and O–H groups in total. The number of carbonyl (C=O) groups excluding carboxylic acids is 1. The standard InChI is InChI=1S/C20H11ClN2O4S/c21-15-8-4-5-12-9-10-14-18(23-27-20(14)17(12)15)19(24)16(11-22)28(25,26)13-6-2-1-3-7-13/h1-10,16H. The number of carbonyl (C=O) groups is 1. The first-order valence-corrected chi connectivity index (χ1v) is 10.1. The summed E-state index contributed by atoms with van der Waals surface area (Å²) in [5.74, 6) is -0.948. The number of Topliss-reactive ketones (excluding diaryl/α,β-unsaturated/α-hetero) is 1. The van der Waals surface area contributed by atoms with E-state index in [-0.39, 0.29) is 16.2 Å². The average molecular weight is 411 g/mol. The molecule has 138 valence electrons. The van der Waals surface area contributed by atoms with Crippen molar-refractivity contribution in [1.82, 2.24) is 5.16 Å². The van der Waals surface area contributed by atoms with E-state index >= 15 is 0 Å². The van der Waals surface area contributed by atoms with Crippen molar-refractivity contribution in [1.29, 1.82) is 5.26 Å². The van der Waals surface area contributed by atoms with Crippen LogP contribution in [0.5, 0.6) is 0 Å². The van der Waals surface area contributed by atoms with Gasteiger partial charge in [0.05, 0.1) is 21.4 Å². The second-order valence-corrected chi connectivity index (χ2v) is 8.48. The lowest BCUT2D eigenvalue weighted by atomic mass is 10.0. The largest absolute Gasteiger partial charge is 0.355 e. The third-order valence-corrected chi connectivity index (χ3v) is 6.59. The molecule has 1 heterocycles. The number of halogens is 1. The number of aromatic nitrogens is 1. The van der Waals surface area contributed by atoms with Crippen molar-refractivity contribution in [2.24, 2.45) is 0 Å². The second kappa shape index (κ2) is 6.75.